The van der Waals surface area contributed by atoms with Crippen LogP contribution in [0.3, 0.4) is 0 Å². The van der Waals surface area contributed by atoms with Crippen LogP contribution in [0.15, 0.2) is 23.0 Å². The van der Waals surface area contributed by atoms with E-state index in [9.17, 15) is 4.79 Å². The molecule has 1 aliphatic carbocycles. The SMILES string of the molecule is CC1=C2COC=C2CC(=O)C1SCC1CCNCC1. The second-order valence-electron chi connectivity index (χ2n) is 5.67. The summed E-state index contributed by atoms with van der Waals surface area (Å²) in [5.41, 5.74) is 3.63. The lowest BCUT2D eigenvalue weighted by Crippen LogP contribution is -2.31. The van der Waals surface area contributed by atoms with Crippen LogP contribution >= 0.6 is 11.8 Å². The molecule has 3 nitrogen and oxygen atoms in total. The molecule has 3 rings (SSSR count). The number of Topliss-reactive ketones (excluding diaryl/α,β-unsaturated/α-hetero) is 1. The van der Waals surface area contributed by atoms with Gasteiger partial charge in [-0.3, -0.25) is 4.79 Å². The summed E-state index contributed by atoms with van der Waals surface area (Å²) in [5, 5.41) is 3.46. The number of rotatable bonds is 3. The highest BCUT2D eigenvalue weighted by Gasteiger charge is 2.33. The molecular formula is C15H21NO2S. The number of ketones is 1. The van der Waals surface area contributed by atoms with Gasteiger partial charge in [-0.05, 0) is 55.7 Å². The standard InChI is InChI=1S/C15H21NO2S/c1-10-13-8-18-7-12(13)6-14(17)15(10)19-9-11-2-4-16-5-3-11/h7,11,15-16H,2-6,8-9H2,1H3. The molecule has 1 N–H and O–H groups in total. The molecule has 4 heteroatoms. The lowest BCUT2D eigenvalue weighted by Gasteiger charge is -2.27. The van der Waals surface area contributed by atoms with E-state index in [0.29, 0.717) is 18.8 Å². The van der Waals surface area contributed by atoms with E-state index < -0.39 is 0 Å². The third kappa shape index (κ3) is 2.75. The van der Waals surface area contributed by atoms with Crippen molar-refractivity contribution in [2.45, 2.75) is 31.4 Å². The summed E-state index contributed by atoms with van der Waals surface area (Å²) in [6.45, 7) is 5.03. The summed E-state index contributed by atoms with van der Waals surface area (Å²) in [5.74, 6) is 2.24. The van der Waals surface area contributed by atoms with Crippen LogP contribution in [0.25, 0.3) is 0 Å². The summed E-state index contributed by atoms with van der Waals surface area (Å²) in [7, 11) is 0. The maximum absolute atomic E-state index is 12.3. The molecular weight excluding hydrogens is 258 g/mol. The molecule has 0 aromatic heterocycles. The van der Waals surface area contributed by atoms with Crippen LogP contribution in [0.2, 0.25) is 0 Å². The molecule has 0 aromatic carbocycles. The van der Waals surface area contributed by atoms with Crippen LogP contribution in [0.1, 0.15) is 26.2 Å². The van der Waals surface area contributed by atoms with E-state index in [2.05, 4.69) is 12.2 Å². The van der Waals surface area contributed by atoms with Gasteiger partial charge in [0.25, 0.3) is 0 Å². The smallest absolute Gasteiger partial charge is 0.154 e. The topological polar surface area (TPSA) is 38.3 Å². The van der Waals surface area contributed by atoms with Crippen molar-refractivity contribution < 1.29 is 9.53 Å². The number of hydrogen-bond acceptors (Lipinski definition) is 4. The Hall–Kier alpha value is -0.740. The number of ether oxygens (including phenoxy) is 1. The summed E-state index contributed by atoms with van der Waals surface area (Å²) >= 11 is 1.85. The molecule has 0 spiro atoms. The summed E-state index contributed by atoms with van der Waals surface area (Å²) in [4.78, 5) is 12.3. The molecule has 1 saturated heterocycles. The Morgan fingerprint density at radius 1 is 1.42 bits per heavy atom. The molecule has 1 unspecified atom stereocenters. The van der Waals surface area contributed by atoms with Gasteiger partial charge in [0.05, 0.1) is 11.5 Å². The van der Waals surface area contributed by atoms with Crippen molar-refractivity contribution in [3.8, 4) is 0 Å². The number of carbonyl (C=O) groups is 1. The number of piperidine rings is 1. The van der Waals surface area contributed by atoms with Gasteiger partial charge in [0.2, 0.25) is 0 Å². The van der Waals surface area contributed by atoms with Crippen LogP contribution in [0.4, 0.5) is 0 Å². The van der Waals surface area contributed by atoms with Gasteiger partial charge in [-0.15, -0.1) is 11.8 Å². The highest BCUT2D eigenvalue weighted by atomic mass is 32.2. The molecule has 1 atom stereocenters. The van der Waals surface area contributed by atoms with Crippen LogP contribution in [-0.4, -0.2) is 36.5 Å². The number of thioether (sulfide) groups is 1. The van der Waals surface area contributed by atoms with Gasteiger partial charge in [0.15, 0.2) is 5.78 Å². The fourth-order valence-electron chi connectivity index (χ4n) is 3.08. The zero-order chi connectivity index (χ0) is 13.2. The summed E-state index contributed by atoms with van der Waals surface area (Å²) < 4.78 is 5.36. The first-order chi connectivity index (χ1) is 9.25. The van der Waals surface area contributed by atoms with E-state index in [0.717, 1.165) is 30.3 Å². The van der Waals surface area contributed by atoms with Crippen LogP contribution in [0.5, 0.6) is 0 Å². The zero-order valence-electron chi connectivity index (χ0n) is 11.4. The average Bonchev–Trinajstić information content (AvgIpc) is 2.88. The van der Waals surface area contributed by atoms with Crippen LogP contribution in [0, 0.1) is 5.92 Å². The molecule has 19 heavy (non-hydrogen) atoms. The number of nitrogens with one attached hydrogen (secondary N) is 1. The Kier molecular flexibility index (Phi) is 3.99. The minimum absolute atomic E-state index is 0.0729. The summed E-state index contributed by atoms with van der Waals surface area (Å²) in [6.07, 6.45) is 4.83. The fourth-order valence-corrected chi connectivity index (χ4v) is 4.54. The van der Waals surface area contributed by atoms with Crippen molar-refractivity contribution in [1.82, 2.24) is 5.32 Å². The number of fused-ring (bicyclic) bond motifs is 1. The second-order valence-corrected chi connectivity index (χ2v) is 6.80. The fraction of sp³-hybridized carbons (Fsp3) is 0.667. The molecule has 0 amide bonds. The maximum atomic E-state index is 12.3. The molecule has 2 aliphatic heterocycles. The van der Waals surface area contributed by atoms with Gasteiger partial charge < -0.3 is 10.1 Å². The Balaban J connectivity index is 1.65. The normalized spacial score (nSPS) is 28.2. The number of carbonyl (C=O) groups excluding carboxylic acids is 1. The van der Waals surface area contributed by atoms with Crippen molar-refractivity contribution in [3.05, 3.63) is 23.0 Å². The molecule has 1 fully saturated rings. The first-order valence-electron chi connectivity index (χ1n) is 7.11. The van der Waals surface area contributed by atoms with Gasteiger partial charge in [-0.2, -0.15) is 0 Å². The Bertz CT molecular complexity index is 435. The van der Waals surface area contributed by atoms with Gasteiger partial charge >= 0.3 is 0 Å². The Morgan fingerprint density at radius 2 is 2.21 bits per heavy atom. The van der Waals surface area contributed by atoms with Crippen LogP contribution < -0.4 is 5.32 Å². The van der Waals surface area contributed by atoms with Gasteiger partial charge in [0, 0.05) is 12.0 Å². The van der Waals surface area contributed by atoms with E-state index in [1.807, 2.05) is 11.8 Å². The van der Waals surface area contributed by atoms with E-state index in [4.69, 9.17) is 4.74 Å². The van der Waals surface area contributed by atoms with E-state index in [1.165, 1.54) is 24.0 Å². The van der Waals surface area contributed by atoms with E-state index >= 15 is 0 Å². The lowest BCUT2D eigenvalue weighted by atomic mass is 9.89. The van der Waals surface area contributed by atoms with Crippen molar-refractivity contribution in [2.75, 3.05) is 25.4 Å². The highest BCUT2D eigenvalue weighted by Crippen LogP contribution is 2.37. The van der Waals surface area contributed by atoms with Crippen molar-refractivity contribution in [3.63, 3.8) is 0 Å². The summed E-state index contributed by atoms with van der Waals surface area (Å²) in [6, 6.07) is 0. The molecule has 0 saturated carbocycles. The third-order valence-corrected chi connectivity index (χ3v) is 5.94. The highest BCUT2D eigenvalue weighted by molar-refractivity contribution is 8.00. The first-order valence-corrected chi connectivity index (χ1v) is 8.16. The molecule has 3 aliphatic rings. The van der Waals surface area contributed by atoms with Crippen molar-refractivity contribution in [2.24, 2.45) is 5.92 Å². The van der Waals surface area contributed by atoms with E-state index in [-0.39, 0.29) is 5.25 Å². The van der Waals surface area contributed by atoms with Gasteiger partial charge in [0.1, 0.15) is 6.61 Å². The predicted molar refractivity (Wildman–Crippen MR) is 78.2 cm³/mol. The monoisotopic (exact) mass is 279 g/mol. The molecule has 0 radical (unpaired) electrons. The first kappa shape index (κ1) is 13.3. The Morgan fingerprint density at radius 3 is 3.00 bits per heavy atom. The van der Waals surface area contributed by atoms with Gasteiger partial charge in [-0.25, -0.2) is 0 Å². The molecule has 2 heterocycles. The largest absolute Gasteiger partial charge is 0.496 e. The molecule has 0 bridgehead atoms. The molecule has 0 aromatic rings. The number of hydrogen-bond donors (Lipinski definition) is 1. The minimum atomic E-state index is 0.0729. The maximum Gasteiger partial charge on any atom is 0.154 e. The molecule has 104 valence electrons. The van der Waals surface area contributed by atoms with Crippen molar-refractivity contribution >= 4 is 17.5 Å². The van der Waals surface area contributed by atoms with Gasteiger partial charge in [-0.1, -0.05) is 0 Å². The zero-order valence-corrected chi connectivity index (χ0v) is 12.2. The quantitative estimate of drug-likeness (QED) is 0.860. The average molecular weight is 279 g/mol. The lowest BCUT2D eigenvalue weighted by molar-refractivity contribution is -0.117. The third-order valence-electron chi connectivity index (χ3n) is 4.32. The van der Waals surface area contributed by atoms with Crippen LogP contribution in [-0.2, 0) is 9.53 Å². The Labute approximate surface area is 118 Å². The predicted octanol–water partition coefficient (Wildman–Crippen LogP) is 2.29. The van der Waals surface area contributed by atoms with Crippen molar-refractivity contribution in [1.29, 1.82) is 0 Å². The minimum Gasteiger partial charge on any atom is -0.496 e. The second kappa shape index (κ2) is 5.71. The van der Waals surface area contributed by atoms with E-state index in [1.54, 1.807) is 6.26 Å².